The number of hydrazone groups is 1. The van der Waals surface area contributed by atoms with Crippen LogP contribution in [0.3, 0.4) is 0 Å². The van der Waals surface area contributed by atoms with Crippen molar-refractivity contribution in [2.75, 3.05) is 0 Å². The van der Waals surface area contributed by atoms with Gasteiger partial charge in [0.05, 0.1) is 18.0 Å². The van der Waals surface area contributed by atoms with Crippen LogP contribution in [-0.2, 0) is 0 Å². The van der Waals surface area contributed by atoms with E-state index in [-0.39, 0.29) is 11.5 Å². The Bertz CT molecular complexity index is 496. The number of hydrogen-bond acceptors (Lipinski definition) is 2. The summed E-state index contributed by atoms with van der Waals surface area (Å²) in [6.45, 7) is 6.70. The number of hydrogen-bond donors (Lipinski definition) is 2. The molecule has 1 aromatic rings. The van der Waals surface area contributed by atoms with Crippen LogP contribution >= 0.6 is 0 Å². The maximum absolute atomic E-state index is 11.5. The Kier molecular flexibility index (Phi) is 4.70. The van der Waals surface area contributed by atoms with Gasteiger partial charge >= 0.3 is 6.09 Å². The summed E-state index contributed by atoms with van der Waals surface area (Å²) in [7, 11) is 0. The van der Waals surface area contributed by atoms with E-state index in [2.05, 4.69) is 30.9 Å². The zero-order valence-corrected chi connectivity index (χ0v) is 13.0. The molecular formula is C16H25N3O2. The van der Waals surface area contributed by atoms with Crippen LogP contribution in [0.2, 0.25) is 0 Å². The second-order valence-corrected chi connectivity index (χ2v) is 6.56. The molecule has 1 heterocycles. The van der Waals surface area contributed by atoms with E-state index in [1.54, 1.807) is 12.4 Å². The third-order valence-corrected chi connectivity index (χ3v) is 4.87. The topological polar surface area (TPSA) is 68.7 Å². The van der Waals surface area contributed by atoms with E-state index >= 15 is 0 Å². The van der Waals surface area contributed by atoms with Gasteiger partial charge in [0.2, 0.25) is 0 Å². The fourth-order valence-electron chi connectivity index (χ4n) is 3.07. The Morgan fingerprint density at radius 3 is 2.95 bits per heavy atom. The average molecular weight is 291 g/mol. The third-order valence-electron chi connectivity index (χ3n) is 4.87. The molecule has 1 aromatic heterocycles. The van der Waals surface area contributed by atoms with Crippen LogP contribution in [0.25, 0.3) is 0 Å². The van der Waals surface area contributed by atoms with E-state index in [1.807, 2.05) is 12.1 Å². The monoisotopic (exact) mass is 291 g/mol. The molecule has 1 aliphatic rings. The quantitative estimate of drug-likeness (QED) is 0.652. The summed E-state index contributed by atoms with van der Waals surface area (Å²) in [5.41, 5.74) is 1.00. The summed E-state index contributed by atoms with van der Waals surface area (Å²) >= 11 is 0. The van der Waals surface area contributed by atoms with Gasteiger partial charge in [-0.2, -0.15) is 10.1 Å². The molecule has 2 N–H and O–H groups in total. The Hall–Kier alpha value is -1.78. The lowest BCUT2D eigenvalue weighted by Gasteiger charge is -2.43. The first-order chi connectivity index (χ1) is 9.92. The maximum atomic E-state index is 11.5. The van der Waals surface area contributed by atoms with Crippen LogP contribution in [-0.4, -0.2) is 33.4 Å². The number of rotatable bonds is 4. The summed E-state index contributed by atoms with van der Waals surface area (Å²) in [6.07, 6.45) is 6.38. The van der Waals surface area contributed by atoms with E-state index in [4.69, 9.17) is 0 Å². The highest BCUT2D eigenvalue weighted by Gasteiger charge is 2.38. The first-order valence-electron chi connectivity index (χ1n) is 7.62. The van der Waals surface area contributed by atoms with Gasteiger partial charge in [-0.05, 0) is 42.7 Å². The van der Waals surface area contributed by atoms with Crippen LogP contribution in [0.4, 0.5) is 4.79 Å². The van der Waals surface area contributed by atoms with Crippen molar-refractivity contribution in [3.8, 4) is 0 Å². The van der Waals surface area contributed by atoms with E-state index in [9.17, 15) is 9.90 Å². The fraction of sp³-hybridized carbons (Fsp3) is 0.625. The second-order valence-electron chi connectivity index (χ2n) is 6.56. The minimum absolute atomic E-state index is 0.0325. The van der Waals surface area contributed by atoms with Gasteiger partial charge in [-0.1, -0.05) is 27.2 Å². The van der Waals surface area contributed by atoms with Crippen LogP contribution in [0.1, 0.15) is 52.1 Å². The molecule has 1 fully saturated rings. The number of H-pyrrole nitrogens is 1. The molecule has 1 amide bonds. The van der Waals surface area contributed by atoms with Crippen LogP contribution in [0.15, 0.2) is 23.4 Å². The highest BCUT2D eigenvalue weighted by atomic mass is 16.4. The van der Waals surface area contributed by atoms with Gasteiger partial charge in [-0.15, -0.1) is 0 Å². The molecular weight excluding hydrogens is 266 g/mol. The van der Waals surface area contributed by atoms with Gasteiger partial charge in [0.25, 0.3) is 0 Å². The molecule has 2 unspecified atom stereocenters. The predicted molar refractivity (Wildman–Crippen MR) is 83.5 cm³/mol. The van der Waals surface area contributed by atoms with E-state index < -0.39 is 6.09 Å². The maximum Gasteiger partial charge on any atom is 0.428 e. The van der Waals surface area contributed by atoms with Crippen molar-refractivity contribution in [2.45, 2.75) is 52.5 Å². The Labute approximate surface area is 126 Å². The normalized spacial score (nSPS) is 26.4. The van der Waals surface area contributed by atoms with E-state index in [1.165, 1.54) is 5.01 Å². The molecule has 0 saturated heterocycles. The summed E-state index contributed by atoms with van der Waals surface area (Å²) in [5, 5.41) is 14.9. The van der Waals surface area contributed by atoms with E-state index in [0.29, 0.717) is 5.92 Å². The third kappa shape index (κ3) is 3.65. The smallest absolute Gasteiger partial charge is 0.428 e. The predicted octanol–water partition coefficient (Wildman–Crippen LogP) is 3.93. The number of carboxylic acid groups (broad SMARTS) is 1. The molecule has 2 atom stereocenters. The number of aromatic amines is 1. The largest absolute Gasteiger partial charge is 0.464 e. The number of carbonyl (C=O) groups is 1. The number of nitrogens with one attached hydrogen (secondary N) is 1. The van der Waals surface area contributed by atoms with Crippen molar-refractivity contribution in [1.29, 1.82) is 0 Å². The number of aromatic nitrogens is 1. The summed E-state index contributed by atoms with van der Waals surface area (Å²) in [6, 6.07) is 3.70. The summed E-state index contributed by atoms with van der Waals surface area (Å²) in [4.78, 5) is 14.5. The minimum Gasteiger partial charge on any atom is -0.464 e. The molecule has 0 bridgehead atoms. The highest BCUT2D eigenvalue weighted by Crippen LogP contribution is 2.43. The molecule has 2 rings (SSSR count). The number of amides is 1. The minimum atomic E-state index is -0.976. The molecule has 1 aliphatic carbocycles. The molecule has 0 radical (unpaired) electrons. The zero-order valence-electron chi connectivity index (χ0n) is 13.0. The van der Waals surface area contributed by atoms with Crippen LogP contribution in [0, 0.1) is 11.3 Å². The van der Waals surface area contributed by atoms with Gasteiger partial charge in [-0.3, -0.25) is 0 Å². The first kappa shape index (κ1) is 15.6. The first-order valence-corrected chi connectivity index (χ1v) is 7.62. The molecule has 5 heteroatoms. The van der Waals surface area contributed by atoms with Crippen molar-refractivity contribution in [1.82, 2.24) is 9.99 Å². The molecule has 0 spiro atoms. The lowest BCUT2D eigenvalue weighted by atomic mass is 9.67. The lowest BCUT2D eigenvalue weighted by molar-refractivity contribution is 0.0545. The molecule has 0 aliphatic heterocycles. The van der Waals surface area contributed by atoms with Gasteiger partial charge < -0.3 is 10.1 Å². The van der Waals surface area contributed by atoms with Crippen molar-refractivity contribution in [3.05, 3.63) is 24.0 Å². The zero-order chi connectivity index (χ0) is 15.5. The fourth-order valence-corrected chi connectivity index (χ4v) is 3.07. The number of nitrogens with zero attached hydrogens (tertiary/aromatic N) is 2. The van der Waals surface area contributed by atoms with Gasteiger partial charge in [0.15, 0.2) is 0 Å². The van der Waals surface area contributed by atoms with Gasteiger partial charge in [-0.25, -0.2) is 4.79 Å². The summed E-state index contributed by atoms with van der Waals surface area (Å²) in [5.74, 6) is 0.545. The molecule has 5 nitrogen and oxygen atoms in total. The standard InChI is InChI=1S/C16H25N3O2/c1-12(2)16(3)8-4-7-14(10-16)19(15(20)21)18-11-13-6-5-9-17-13/h5-6,9,11-12,14,17H,4,7-8,10H2,1-3H3,(H,20,21). The average Bonchev–Trinajstić information content (AvgIpc) is 2.92. The van der Waals surface area contributed by atoms with Crippen molar-refractivity contribution >= 4 is 12.3 Å². The second kappa shape index (κ2) is 6.33. The van der Waals surface area contributed by atoms with Crippen LogP contribution < -0.4 is 0 Å². The highest BCUT2D eigenvalue weighted by molar-refractivity contribution is 5.78. The SMILES string of the molecule is CC(C)C1(C)CCCC(N(N=Cc2ccc[nH]2)C(=O)O)C1. The van der Waals surface area contributed by atoms with Gasteiger partial charge in [0.1, 0.15) is 0 Å². The summed E-state index contributed by atoms with van der Waals surface area (Å²) < 4.78 is 0. The molecule has 1 saturated carbocycles. The van der Waals surface area contributed by atoms with Crippen molar-refractivity contribution in [2.24, 2.45) is 16.4 Å². The van der Waals surface area contributed by atoms with E-state index in [0.717, 1.165) is 31.4 Å². The Morgan fingerprint density at radius 2 is 2.38 bits per heavy atom. The Balaban J connectivity index is 2.13. The van der Waals surface area contributed by atoms with Gasteiger partial charge in [0, 0.05) is 6.20 Å². The van der Waals surface area contributed by atoms with Crippen LogP contribution in [0.5, 0.6) is 0 Å². The Morgan fingerprint density at radius 1 is 1.62 bits per heavy atom. The molecule has 21 heavy (non-hydrogen) atoms. The van der Waals surface area contributed by atoms with Crippen molar-refractivity contribution in [3.63, 3.8) is 0 Å². The lowest BCUT2D eigenvalue weighted by Crippen LogP contribution is -2.43. The molecule has 0 aromatic carbocycles. The molecule has 116 valence electrons. The van der Waals surface area contributed by atoms with Crippen molar-refractivity contribution < 1.29 is 9.90 Å².